The van der Waals surface area contributed by atoms with Crippen molar-refractivity contribution in [2.45, 2.75) is 45.3 Å². The molecule has 4 N–H and O–H groups in total. The minimum absolute atomic E-state index is 0. The van der Waals surface area contributed by atoms with Crippen LogP contribution in [0, 0.1) is 5.41 Å². The molecule has 0 radical (unpaired) electrons. The molecular formula is C18H31Cl2N3O2. The number of rotatable bonds is 8. The van der Waals surface area contributed by atoms with E-state index < -0.39 is 5.54 Å². The average Bonchev–Trinajstić information content (AvgIpc) is 2.55. The van der Waals surface area contributed by atoms with Gasteiger partial charge in [0.05, 0.1) is 6.10 Å². The predicted molar refractivity (Wildman–Crippen MR) is 108 cm³/mol. The van der Waals surface area contributed by atoms with Crippen LogP contribution in [0.15, 0.2) is 30.3 Å². The van der Waals surface area contributed by atoms with E-state index in [9.17, 15) is 4.79 Å². The highest BCUT2D eigenvalue weighted by atomic mass is 35.5. The first kappa shape index (κ1) is 24.0. The fourth-order valence-corrected chi connectivity index (χ4v) is 3.06. The van der Waals surface area contributed by atoms with Gasteiger partial charge in [-0.05, 0) is 25.5 Å². The van der Waals surface area contributed by atoms with Gasteiger partial charge in [-0.25, -0.2) is 0 Å². The molecule has 1 amide bonds. The maximum absolute atomic E-state index is 12.4. The fourth-order valence-electron chi connectivity index (χ4n) is 3.06. The molecule has 0 heterocycles. The molecule has 7 heteroatoms. The Bertz CT molecular complexity index is 528. The van der Waals surface area contributed by atoms with Crippen molar-refractivity contribution in [2.75, 3.05) is 25.0 Å². The normalized spacial score (nSPS) is 23.4. The van der Waals surface area contributed by atoms with Gasteiger partial charge in [-0.1, -0.05) is 32.0 Å². The van der Waals surface area contributed by atoms with Crippen LogP contribution in [0.25, 0.3) is 0 Å². The summed E-state index contributed by atoms with van der Waals surface area (Å²) in [7, 11) is 0. The van der Waals surface area contributed by atoms with Crippen molar-refractivity contribution in [3.05, 3.63) is 30.3 Å². The van der Waals surface area contributed by atoms with Crippen molar-refractivity contribution in [3.8, 4) is 0 Å². The molecule has 5 nitrogen and oxygen atoms in total. The van der Waals surface area contributed by atoms with Gasteiger partial charge in [-0.2, -0.15) is 0 Å². The van der Waals surface area contributed by atoms with Crippen molar-refractivity contribution >= 4 is 36.4 Å². The zero-order valence-electron chi connectivity index (χ0n) is 15.2. The topological polar surface area (TPSA) is 76.4 Å². The second-order valence-corrected chi connectivity index (χ2v) is 6.74. The lowest BCUT2D eigenvalue weighted by molar-refractivity contribution is -0.170. The van der Waals surface area contributed by atoms with E-state index in [-0.39, 0.29) is 42.2 Å². The number of hydrogen-bond donors (Lipinski definition) is 3. The molecule has 2 unspecified atom stereocenters. The van der Waals surface area contributed by atoms with Gasteiger partial charge in [-0.3, -0.25) is 4.79 Å². The lowest BCUT2D eigenvalue weighted by Gasteiger charge is -2.57. The van der Waals surface area contributed by atoms with Crippen LogP contribution >= 0.6 is 24.8 Å². The van der Waals surface area contributed by atoms with Crippen molar-refractivity contribution in [1.82, 2.24) is 5.32 Å². The van der Waals surface area contributed by atoms with Crippen molar-refractivity contribution in [2.24, 2.45) is 11.1 Å². The molecule has 0 bridgehead atoms. The third-order valence-corrected chi connectivity index (χ3v) is 4.98. The Kier molecular flexibility index (Phi) is 9.80. The molecule has 1 fully saturated rings. The standard InChI is InChI=1S/C18H29N3O2.2ClH/c1-4-23-15-13-18(19,17(15,2)3)16(22)21-12-8-11-20-14-9-6-5-7-10-14;;/h5-7,9-10,15,20H,4,8,11-13,19H2,1-3H3,(H,21,22);2*1H. The fraction of sp³-hybridized carbons (Fsp3) is 0.611. The van der Waals surface area contributed by atoms with E-state index in [0.717, 1.165) is 18.7 Å². The van der Waals surface area contributed by atoms with Crippen LogP contribution in [0.2, 0.25) is 0 Å². The smallest absolute Gasteiger partial charge is 0.240 e. The first-order chi connectivity index (χ1) is 10.9. The number of amides is 1. The molecule has 0 aliphatic heterocycles. The molecule has 144 valence electrons. The summed E-state index contributed by atoms with van der Waals surface area (Å²) in [5.74, 6) is -0.0711. The first-order valence-corrected chi connectivity index (χ1v) is 8.39. The van der Waals surface area contributed by atoms with Crippen molar-refractivity contribution < 1.29 is 9.53 Å². The van der Waals surface area contributed by atoms with Gasteiger partial charge < -0.3 is 21.1 Å². The summed E-state index contributed by atoms with van der Waals surface area (Å²) in [6, 6.07) is 10.0. The second kappa shape index (κ2) is 10.2. The minimum Gasteiger partial charge on any atom is -0.385 e. The van der Waals surface area contributed by atoms with Gasteiger partial charge in [0.1, 0.15) is 5.54 Å². The molecule has 1 aliphatic rings. The van der Waals surface area contributed by atoms with Crippen molar-refractivity contribution in [3.63, 3.8) is 0 Å². The number of anilines is 1. The van der Waals surface area contributed by atoms with Gasteiger partial charge >= 0.3 is 0 Å². The number of hydrogen-bond acceptors (Lipinski definition) is 4. The largest absolute Gasteiger partial charge is 0.385 e. The van der Waals surface area contributed by atoms with Crippen LogP contribution < -0.4 is 16.4 Å². The summed E-state index contributed by atoms with van der Waals surface area (Å²) < 4.78 is 5.66. The summed E-state index contributed by atoms with van der Waals surface area (Å²) >= 11 is 0. The number of carbonyl (C=O) groups is 1. The van der Waals surface area contributed by atoms with E-state index in [1.54, 1.807) is 0 Å². The van der Waals surface area contributed by atoms with Gasteiger partial charge in [0.15, 0.2) is 0 Å². The first-order valence-electron chi connectivity index (χ1n) is 8.39. The van der Waals surface area contributed by atoms with Gasteiger partial charge in [-0.15, -0.1) is 24.8 Å². The van der Waals surface area contributed by atoms with Crippen LogP contribution in [0.4, 0.5) is 5.69 Å². The Balaban J connectivity index is 0.00000288. The summed E-state index contributed by atoms with van der Waals surface area (Å²) in [4.78, 5) is 12.4. The summed E-state index contributed by atoms with van der Waals surface area (Å²) in [6.45, 7) is 8.06. The van der Waals surface area contributed by atoms with Gasteiger partial charge in [0.25, 0.3) is 0 Å². The Hall–Kier alpha value is -1.01. The molecule has 2 atom stereocenters. The molecule has 1 aromatic carbocycles. The van der Waals surface area contributed by atoms with E-state index in [1.807, 2.05) is 51.1 Å². The molecule has 0 aromatic heterocycles. The molecule has 1 aromatic rings. The average molecular weight is 392 g/mol. The maximum Gasteiger partial charge on any atom is 0.240 e. The van der Waals surface area contributed by atoms with Crippen LogP contribution in [0.5, 0.6) is 0 Å². The lowest BCUT2D eigenvalue weighted by Crippen LogP contribution is -2.75. The SMILES string of the molecule is CCOC1CC(N)(C(=O)NCCCNc2ccccc2)C1(C)C.Cl.Cl. The molecule has 1 aliphatic carbocycles. The van der Waals surface area contributed by atoms with Crippen LogP contribution in [-0.4, -0.2) is 37.2 Å². The monoisotopic (exact) mass is 391 g/mol. The Morgan fingerprint density at radius 2 is 1.88 bits per heavy atom. The Morgan fingerprint density at radius 1 is 1.24 bits per heavy atom. The number of nitrogens with one attached hydrogen (secondary N) is 2. The molecule has 25 heavy (non-hydrogen) atoms. The summed E-state index contributed by atoms with van der Waals surface area (Å²) in [5.41, 5.74) is 6.26. The summed E-state index contributed by atoms with van der Waals surface area (Å²) in [5, 5.41) is 6.29. The highest BCUT2D eigenvalue weighted by molar-refractivity contribution is 5.88. The molecule has 0 spiro atoms. The van der Waals surface area contributed by atoms with E-state index in [0.29, 0.717) is 19.6 Å². The van der Waals surface area contributed by atoms with E-state index in [2.05, 4.69) is 10.6 Å². The van der Waals surface area contributed by atoms with Crippen LogP contribution in [0.1, 0.15) is 33.6 Å². The molecule has 1 saturated carbocycles. The maximum atomic E-state index is 12.4. The van der Waals surface area contributed by atoms with Crippen molar-refractivity contribution in [1.29, 1.82) is 0 Å². The number of benzene rings is 1. The highest BCUT2D eigenvalue weighted by Gasteiger charge is 2.62. The van der Waals surface area contributed by atoms with E-state index in [1.165, 1.54) is 0 Å². The van der Waals surface area contributed by atoms with Crippen LogP contribution in [-0.2, 0) is 9.53 Å². The van der Waals surface area contributed by atoms with Crippen LogP contribution in [0.3, 0.4) is 0 Å². The van der Waals surface area contributed by atoms with E-state index >= 15 is 0 Å². The summed E-state index contributed by atoms with van der Waals surface area (Å²) in [6.07, 6.45) is 1.50. The van der Waals surface area contributed by atoms with E-state index in [4.69, 9.17) is 10.5 Å². The highest BCUT2D eigenvalue weighted by Crippen LogP contribution is 2.49. The zero-order valence-corrected chi connectivity index (χ0v) is 16.8. The number of para-hydroxylation sites is 1. The molecule has 2 rings (SSSR count). The Morgan fingerprint density at radius 3 is 2.44 bits per heavy atom. The second-order valence-electron chi connectivity index (χ2n) is 6.74. The third kappa shape index (κ3) is 5.23. The number of carbonyl (C=O) groups excluding carboxylic acids is 1. The third-order valence-electron chi connectivity index (χ3n) is 4.98. The molecule has 0 saturated heterocycles. The quantitative estimate of drug-likeness (QED) is 0.595. The van der Waals surface area contributed by atoms with Gasteiger partial charge in [0, 0.05) is 37.2 Å². The number of nitrogens with two attached hydrogens (primary N) is 1. The number of halogens is 2. The molecular weight excluding hydrogens is 361 g/mol. The van der Waals surface area contributed by atoms with Gasteiger partial charge in [0.2, 0.25) is 5.91 Å². The predicted octanol–water partition coefficient (Wildman–Crippen LogP) is 2.98. The Labute approximate surface area is 163 Å². The minimum atomic E-state index is -0.834. The number of ether oxygens (including phenoxy) is 1. The zero-order chi connectivity index (χ0) is 16.9. The lowest BCUT2D eigenvalue weighted by atomic mass is 9.54.